The van der Waals surface area contributed by atoms with Crippen LogP contribution < -0.4 is 0 Å². The maximum atomic E-state index is 12.9. The summed E-state index contributed by atoms with van der Waals surface area (Å²) in [6.45, 7) is 1.82. The van der Waals surface area contributed by atoms with Crippen molar-refractivity contribution in [2.45, 2.75) is 25.3 Å². The Balaban J connectivity index is 1.84. The molecule has 2 aromatic rings. The lowest BCUT2D eigenvalue weighted by Gasteiger charge is -2.37. The van der Waals surface area contributed by atoms with Crippen LogP contribution in [-0.4, -0.2) is 53.9 Å². The van der Waals surface area contributed by atoms with Crippen LogP contribution in [0, 0.1) is 0 Å². The number of aromatic nitrogens is 1. The SMILES string of the molecule is CN(C)CC1CCCCN1C(=O)c1ccc2cc[nH]c2c1. The van der Waals surface area contributed by atoms with Crippen molar-refractivity contribution in [1.82, 2.24) is 14.8 Å². The number of nitrogens with one attached hydrogen (secondary N) is 1. The van der Waals surface area contributed by atoms with Crippen LogP contribution in [0.2, 0.25) is 0 Å². The first-order chi connectivity index (χ1) is 10.1. The minimum Gasteiger partial charge on any atom is -0.361 e. The fraction of sp³-hybridized carbons (Fsp3) is 0.471. The Morgan fingerprint density at radius 2 is 2.19 bits per heavy atom. The molecule has 3 rings (SSSR count). The Morgan fingerprint density at radius 3 is 3.00 bits per heavy atom. The molecule has 4 heteroatoms. The van der Waals surface area contributed by atoms with Gasteiger partial charge in [-0.3, -0.25) is 4.79 Å². The molecule has 1 saturated heterocycles. The third-order valence-electron chi connectivity index (χ3n) is 4.27. The van der Waals surface area contributed by atoms with Gasteiger partial charge in [-0.15, -0.1) is 0 Å². The number of hydrogen-bond acceptors (Lipinski definition) is 2. The van der Waals surface area contributed by atoms with Crippen LogP contribution in [0.4, 0.5) is 0 Å². The highest BCUT2D eigenvalue weighted by Gasteiger charge is 2.27. The number of likely N-dealkylation sites (N-methyl/N-ethyl adjacent to an activating group) is 1. The van der Waals surface area contributed by atoms with Crippen molar-refractivity contribution in [3.05, 3.63) is 36.0 Å². The van der Waals surface area contributed by atoms with Crippen molar-refractivity contribution in [3.63, 3.8) is 0 Å². The summed E-state index contributed by atoms with van der Waals surface area (Å²) < 4.78 is 0. The zero-order valence-electron chi connectivity index (χ0n) is 12.8. The number of benzene rings is 1. The van der Waals surface area contributed by atoms with Crippen molar-refractivity contribution in [2.75, 3.05) is 27.2 Å². The Bertz CT molecular complexity index is 632. The fourth-order valence-corrected chi connectivity index (χ4v) is 3.23. The van der Waals surface area contributed by atoms with Crippen LogP contribution in [0.5, 0.6) is 0 Å². The van der Waals surface area contributed by atoms with Gasteiger partial charge in [0.05, 0.1) is 0 Å². The molecule has 1 aromatic heterocycles. The smallest absolute Gasteiger partial charge is 0.254 e. The molecule has 1 aliphatic heterocycles. The molecular formula is C17H23N3O. The molecule has 1 aliphatic rings. The van der Waals surface area contributed by atoms with Crippen LogP contribution in [0.1, 0.15) is 29.6 Å². The lowest BCUT2D eigenvalue weighted by atomic mass is 10.00. The van der Waals surface area contributed by atoms with Crippen LogP contribution >= 0.6 is 0 Å². The number of piperidine rings is 1. The molecule has 112 valence electrons. The highest BCUT2D eigenvalue weighted by Crippen LogP contribution is 2.22. The second-order valence-electron chi connectivity index (χ2n) is 6.19. The van der Waals surface area contributed by atoms with Crippen molar-refractivity contribution in [1.29, 1.82) is 0 Å². The molecule has 1 amide bonds. The molecule has 0 bridgehead atoms. The van der Waals surface area contributed by atoms with Gasteiger partial charge >= 0.3 is 0 Å². The van der Waals surface area contributed by atoms with Crippen molar-refractivity contribution in [3.8, 4) is 0 Å². The van der Waals surface area contributed by atoms with Gasteiger partial charge in [0.2, 0.25) is 0 Å². The van der Waals surface area contributed by atoms with E-state index in [-0.39, 0.29) is 5.91 Å². The molecule has 4 nitrogen and oxygen atoms in total. The molecule has 1 unspecified atom stereocenters. The Morgan fingerprint density at radius 1 is 1.33 bits per heavy atom. The molecule has 2 heterocycles. The highest BCUT2D eigenvalue weighted by atomic mass is 16.2. The van der Waals surface area contributed by atoms with Gasteiger partial charge in [-0.1, -0.05) is 6.07 Å². The minimum atomic E-state index is 0.165. The quantitative estimate of drug-likeness (QED) is 0.942. The van der Waals surface area contributed by atoms with E-state index in [4.69, 9.17) is 0 Å². The summed E-state index contributed by atoms with van der Waals surface area (Å²) in [5.41, 5.74) is 1.82. The maximum Gasteiger partial charge on any atom is 0.254 e. The molecule has 1 N–H and O–H groups in total. The van der Waals surface area contributed by atoms with E-state index in [0.29, 0.717) is 6.04 Å². The summed E-state index contributed by atoms with van der Waals surface area (Å²) >= 11 is 0. The van der Waals surface area contributed by atoms with Crippen LogP contribution in [-0.2, 0) is 0 Å². The van der Waals surface area contributed by atoms with Gasteiger partial charge in [0, 0.05) is 36.4 Å². The predicted molar refractivity (Wildman–Crippen MR) is 85.5 cm³/mol. The predicted octanol–water partition coefficient (Wildman–Crippen LogP) is 2.72. The van der Waals surface area contributed by atoms with Gasteiger partial charge < -0.3 is 14.8 Å². The second kappa shape index (κ2) is 5.90. The molecule has 1 aromatic carbocycles. The van der Waals surface area contributed by atoms with E-state index < -0.39 is 0 Å². The summed E-state index contributed by atoms with van der Waals surface area (Å²) in [6.07, 6.45) is 5.35. The number of carbonyl (C=O) groups excluding carboxylic acids is 1. The molecule has 21 heavy (non-hydrogen) atoms. The first-order valence-electron chi connectivity index (χ1n) is 7.68. The number of carbonyl (C=O) groups is 1. The van der Waals surface area contributed by atoms with E-state index >= 15 is 0 Å². The number of nitrogens with zero attached hydrogens (tertiary/aromatic N) is 2. The monoisotopic (exact) mass is 285 g/mol. The van der Waals surface area contributed by atoms with Gasteiger partial charge in [0.25, 0.3) is 5.91 Å². The van der Waals surface area contributed by atoms with Crippen LogP contribution in [0.3, 0.4) is 0 Å². The summed E-state index contributed by atoms with van der Waals surface area (Å²) in [5, 5.41) is 1.15. The number of likely N-dealkylation sites (tertiary alicyclic amines) is 1. The van der Waals surface area contributed by atoms with Gasteiger partial charge in [0.15, 0.2) is 0 Å². The molecule has 1 fully saturated rings. The molecule has 0 radical (unpaired) electrons. The Labute approximate surface area is 125 Å². The van der Waals surface area contributed by atoms with Crippen molar-refractivity contribution < 1.29 is 4.79 Å². The van der Waals surface area contributed by atoms with E-state index in [0.717, 1.165) is 42.4 Å². The maximum absolute atomic E-state index is 12.9. The lowest BCUT2D eigenvalue weighted by molar-refractivity contribution is 0.0575. The largest absolute Gasteiger partial charge is 0.361 e. The van der Waals surface area contributed by atoms with E-state index in [1.54, 1.807) is 0 Å². The molecular weight excluding hydrogens is 262 g/mol. The zero-order valence-corrected chi connectivity index (χ0v) is 12.8. The van der Waals surface area contributed by atoms with Crippen LogP contribution in [0.15, 0.2) is 30.5 Å². The normalized spacial score (nSPS) is 19.4. The van der Waals surface area contributed by atoms with E-state index in [1.165, 1.54) is 6.42 Å². The van der Waals surface area contributed by atoms with E-state index in [9.17, 15) is 4.79 Å². The summed E-state index contributed by atoms with van der Waals surface area (Å²) in [7, 11) is 4.14. The van der Waals surface area contributed by atoms with Gasteiger partial charge in [0.1, 0.15) is 0 Å². The third-order valence-corrected chi connectivity index (χ3v) is 4.27. The average molecular weight is 285 g/mol. The Kier molecular flexibility index (Phi) is 3.97. The zero-order chi connectivity index (χ0) is 14.8. The van der Waals surface area contributed by atoms with Crippen LogP contribution in [0.25, 0.3) is 10.9 Å². The number of rotatable bonds is 3. The third kappa shape index (κ3) is 2.95. The molecule has 1 atom stereocenters. The highest BCUT2D eigenvalue weighted by molar-refractivity contribution is 5.98. The van der Waals surface area contributed by atoms with Gasteiger partial charge in [-0.2, -0.15) is 0 Å². The minimum absolute atomic E-state index is 0.165. The van der Waals surface area contributed by atoms with Crippen molar-refractivity contribution >= 4 is 16.8 Å². The topological polar surface area (TPSA) is 39.3 Å². The number of amides is 1. The fourth-order valence-electron chi connectivity index (χ4n) is 3.23. The summed E-state index contributed by atoms with van der Waals surface area (Å²) in [4.78, 5) is 20.3. The number of hydrogen-bond donors (Lipinski definition) is 1. The van der Waals surface area contributed by atoms with Gasteiger partial charge in [-0.05, 0) is 56.9 Å². The standard InChI is InChI=1S/C17H23N3O/c1-19(2)12-15-5-3-4-10-20(15)17(21)14-7-6-13-8-9-18-16(13)11-14/h6-9,11,15,18H,3-5,10,12H2,1-2H3. The molecule has 0 saturated carbocycles. The number of aromatic amines is 1. The molecule has 0 spiro atoms. The second-order valence-corrected chi connectivity index (χ2v) is 6.19. The summed E-state index contributed by atoms with van der Waals surface area (Å²) in [5.74, 6) is 0.165. The lowest BCUT2D eigenvalue weighted by Crippen LogP contribution is -2.48. The van der Waals surface area contributed by atoms with E-state index in [1.807, 2.05) is 30.5 Å². The first-order valence-corrected chi connectivity index (χ1v) is 7.68. The molecule has 0 aliphatic carbocycles. The van der Waals surface area contributed by atoms with E-state index in [2.05, 4.69) is 28.9 Å². The van der Waals surface area contributed by atoms with Crippen molar-refractivity contribution in [2.24, 2.45) is 0 Å². The number of fused-ring (bicyclic) bond motifs is 1. The average Bonchev–Trinajstić information content (AvgIpc) is 2.94. The number of H-pyrrole nitrogens is 1. The Hall–Kier alpha value is -1.81. The van der Waals surface area contributed by atoms with Gasteiger partial charge in [-0.25, -0.2) is 0 Å². The first kappa shape index (κ1) is 14.1. The summed E-state index contributed by atoms with van der Waals surface area (Å²) in [6, 6.07) is 8.29.